The Morgan fingerprint density at radius 1 is 1.22 bits per heavy atom. The summed E-state index contributed by atoms with van der Waals surface area (Å²) in [7, 11) is 0. The van der Waals surface area contributed by atoms with E-state index in [2.05, 4.69) is 19.9 Å². The lowest BCUT2D eigenvalue weighted by molar-refractivity contribution is 0.249. The highest BCUT2D eigenvalue weighted by Crippen LogP contribution is 1.89. The molecule has 0 saturated carbocycles. The van der Waals surface area contributed by atoms with Gasteiger partial charge in [-0.1, -0.05) is 20.3 Å². The van der Waals surface area contributed by atoms with Gasteiger partial charge in [0.05, 0.1) is 12.9 Å². The zero-order valence-corrected chi connectivity index (χ0v) is 6.39. The molecule has 0 aliphatic rings. The monoisotopic (exact) mass is 128 g/mol. The largest absolute Gasteiger partial charge is 0.502 e. The van der Waals surface area contributed by atoms with E-state index in [1.165, 1.54) is 6.42 Å². The highest BCUT2D eigenvalue weighted by Gasteiger charge is 1.74. The summed E-state index contributed by atoms with van der Waals surface area (Å²) >= 11 is 0. The fourth-order valence-electron chi connectivity index (χ4n) is 0.489. The third-order valence-electron chi connectivity index (χ3n) is 0.970. The van der Waals surface area contributed by atoms with Crippen LogP contribution in [0.15, 0.2) is 12.3 Å². The third-order valence-corrected chi connectivity index (χ3v) is 0.970. The first-order valence-corrected chi connectivity index (χ1v) is 3.68. The van der Waals surface area contributed by atoms with Crippen LogP contribution in [0.25, 0.3) is 0 Å². The second-order valence-electron chi connectivity index (χ2n) is 2.03. The molecule has 0 amide bonds. The van der Waals surface area contributed by atoms with E-state index in [1.54, 1.807) is 6.26 Å². The Hall–Kier alpha value is -0.460. The summed E-state index contributed by atoms with van der Waals surface area (Å²) in [5.74, 6) is 0. The van der Waals surface area contributed by atoms with Crippen molar-refractivity contribution in [1.82, 2.24) is 0 Å². The number of unbranched alkanes of at least 4 members (excludes halogenated alkanes) is 1. The lowest BCUT2D eigenvalue weighted by atomic mass is 10.3. The SMILES string of the molecule is CCC/C=C/OCCC. The van der Waals surface area contributed by atoms with Crippen molar-refractivity contribution in [3.63, 3.8) is 0 Å². The molecule has 0 heterocycles. The molecule has 0 unspecified atom stereocenters. The van der Waals surface area contributed by atoms with E-state index in [1.807, 2.05) is 0 Å². The highest BCUT2D eigenvalue weighted by atomic mass is 16.5. The van der Waals surface area contributed by atoms with Gasteiger partial charge >= 0.3 is 0 Å². The van der Waals surface area contributed by atoms with Gasteiger partial charge in [-0.15, -0.1) is 0 Å². The van der Waals surface area contributed by atoms with Crippen LogP contribution in [0.3, 0.4) is 0 Å². The van der Waals surface area contributed by atoms with Crippen LogP contribution in [0, 0.1) is 0 Å². The third kappa shape index (κ3) is 7.54. The number of allylic oxidation sites excluding steroid dienone is 1. The Kier molecular flexibility index (Phi) is 7.15. The molecular weight excluding hydrogens is 112 g/mol. The summed E-state index contributed by atoms with van der Waals surface area (Å²) in [6.45, 7) is 5.11. The van der Waals surface area contributed by atoms with E-state index in [0.717, 1.165) is 19.4 Å². The molecule has 0 bridgehead atoms. The number of hydrogen-bond donors (Lipinski definition) is 0. The normalized spacial score (nSPS) is 10.4. The molecule has 1 nitrogen and oxygen atoms in total. The van der Waals surface area contributed by atoms with Gasteiger partial charge in [0.25, 0.3) is 0 Å². The molecule has 0 fully saturated rings. The average Bonchev–Trinajstić information content (AvgIpc) is 1.89. The van der Waals surface area contributed by atoms with Gasteiger partial charge in [0, 0.05) is 0 Å². The van der Waals surface area contributed by atoms with Crippen LogP contribution in [0.1, 0.15) is 33.1 Å². The molecule has 54 valence electrons. The first-order chi connectivity index (χ1) is 4.41. The fraction of sp³-hybridized carbons (Fsp3) is 0.750. The zero-order chi connectivity index (χ0) is 6.95. The van der Waals surface area contributed by atoms with Crippen molar-refractivity contribution in [2.45, 2.75) is 33.1 Å². The highest BCUT2D eigenvalue weighted by molar-refractivity contribution is 4.71. The van der Waals surface area contributed by atoms with Gasteiger partial charge in [0.2, 0.25) is 0 Å². The van der Waals surface area contributed by atoms with Crippen LogP contribution in [0.4, 0.5) is 0 Å². The summed E-state index contributed by atoms with van der Waals surface area (Å²) in [6.07, 6.45) is 7.29. The first kappa shape index (κ1) is 8.54. The molecule has 1 heteroatoms. The summed E-state index contributed by atoms with van der Waals surface area (Å²) in [6, 6.07) is 0. The molecule has 0 aliphatic carbocycles. The topological polar surface area (TPSA) is 9.23 Å². The Morgan fingerprint density at radius 2 is 2.00 bits per heavy atom. The minimum absolute atomic E-state index is 0.847. The van der Waals surface area contributed by atoms with Crippen molar-refractivity contribution in [2.75, 3.05) is 6.61 Å². The predicted molar refractivity (Wildman–Crippen MR) is 40.3 cm³/mol. The summed E-state index contributed by atoms with van der Waals surface area (Å²) < 4.78 is 5.10. The molecule has 9 heavy (non-hydrogen) atoms. The minimum Gasteiger partial charge on any atom is -0.502 e. The van der Waals surface area contributed by atoms with Crippen LogP contribution in [0.5, 0.6) is 0 Å². The lowest BCUT2D eigenvalue weighted by Gasteiger charge is -1.93. The summed E-state index contributed by atoms with van der Waals surface area (Å²) in [4.78, 5) is 0. The fourth-order valence-corrected chi connectivity index (χ4v) is 0.489. The average molecular weight is 128 g/mol. The Morgan fingerprint density at radius 3 is 2.56 bits per heavy atom. The maximum absolute atomic E-state index is 5.10. The Labute approximate surface area is 57.7 Å². The van der Waals surface area contributed by atoms with E-state index in [4.69, 9.17) is 4.74 Å². The van der Waals surface area contributed by atoms with E-state index in [0.29, 0.717) is 0 Å². The summed E-state index contributed by atoms with van der Waals surface area (Å²) in [5.41, 5.74) is 0. The number of hydrogen-bond acceptors (Lipinski definition) is 1. The molecule has 0 saturated heterocycles. The lowest BCUT2D eigenvalue weighted by Crippen LogP contribution is -1.81. The van der Waals surface area contributed by atoms with Gasteiger partial charge in [-0.3, -0.25) is 0 Å². The molecule has 0 N–H and O–H groups in total. The molecule has 0 atom stereocenters. The number of rotatable bonds is 5. The quantitative estimate of drug-likeness (QED) is 0.408. The Bertz CT molecular complexity index is 67.0. The van der Waals surface area contributed by atoms with Crippen molar-refractivity contribution < 1.29 is 4.74 Å². The molecule has 0 rings (SSSR count). The molecule has 0 spiro atoms. The number of ether oxygens (including phenoxy) is 1. The first-order valence-electron chi connectivity index (χ1n) is 3.68. The molecule has 0 radical (unpaired) electrons. The van der Waals surface area contributed by atoms with Gasteiger partial charge in [0.1, 0.15) is 0 Å². The second kappa shape index (κ2) is 7.54. The Balaban J connectivity index is 2.86. The van der Waals surface area contributed by atoms with Crippen molar-refractivity contribution in [3.05, 3.63) is 12.3 Å². The van der Waals surface area contributed by atoms with E-state index >= 15 is 0 Å². The summed E-state index contributed by atoms with van der Waals surface area (Å²) in [5, 5.41) is 0. The van der Waals surface area contributed by atoms with Gasteiger partial charge in [-0.2, -0.15) is 0 Å². The second-order valence-corrected chi connectivity index (χ2v) is 2.03. The van der Waals surface area contributed by atoms with Gasteiger partial charge in [-0.25, -0.2) is 0 Å². The maximum atomic E-state index is 5.10. The molecule has 0 aromatic heterocycles. The smallest absolute Gasteiger partial charge is 0.0870 e. The standard InChI is InChI=1S/C8H16O/c1-3-5-6-8-9-7-4-2/h6,8H,3-5,7H2,1-2H3/b8-6+. The van der Waals surface area contributed by atoms with Crippen LogP contribution < -0.4 is 0 Å². The van der Waals surface area contributed by atoms with E-state index < -0.39 is 0 Å². The molecule has 0 aliphatic heterocycles. The molecule has 0 aromatic carbocycles. The van der Waals surface area contributed by atoms with Crippen LogP contribution in [-0.2, 0) is 4.74 Å². The van der Waals surface area contributed by atoms with Gasteiger partial charge in [0.15, 0.2) is 0 Å². The maximum Gasteiger partial charge on any atom is 0.0870 e. The van der Waals surface area contributed by atoms with Crippen molar-refractivity contribution in [2.24, 2.45) is 0 Å². The zero-order valence-electron chi connectivity index (χ0n) is 6.39. The van der Waals surface area contributed by atoms with Crippen molar-refractivity contribution >= 4 is 0 Å². The van der Waals surface area contributed by atoms with Crippen molar-refractivity contribution in [3.8, 4) is 0 Å². The van der Waals surface area contributed by atoms with Crippen LogP contribution in [-0.4, -0.2) is 6.61 Å². The predicted octanol–water partition coefficient (Wildman–Crippen LogP) is 2.73. The molecular formula is C8H16O. The van der Waals surface area contributed by atoms with Crippen molar-refractivity contribution in [1.29, 1.82) is 0 Å². The van der Waals surface area contributed by atoms with Crippen LogP contribution >= 0.6 is 0 Å². The van der Waals surface area contributed by atoms with Gasteiger partial charge < -0.3 is 4.74 Å². The van der Waals surface area contributed by atoms with E-state index in [-0.39, 0.29) is 0 Å². The van der Waals surface area contributed by atoms with E-state index in [9.17, 15) is 0 Å². The minimum atomic E-state index is 0.847. The van der Waals surface area contributed by atoms with Crippen LogP contribution in [0.2, 0.25) is 0 Å². The van der Waals surface area contributed by atoms with Gasteiger partial charge in [-0.05, 0) is 18.9 Å². The molecule has 0 aromatic rings.